The minimum Gasteiger partial charge on any atom is -0.394 e. The van der Waals surface area contributed by atoms with Gasteiger partial charge in [0.15, 0.2) is 6.23 Å². The van der Waals surface area contributed by atoms with Gasteiger partial charge in [-0.25, -0.2) is 4.79 Å². The summed E-state index contributed by atoms with van der Waals surface area (Å²) in [4.78, 5) is 25.7. The molecule has 8 nitrogen and oxygen atoms in total. The van der Waals surface area contributed by atoms with Crippen molar-refractivity contribution in [1.82, 2.24) is 9.55 Å². The number of aliphatic hydroxyl groups is 3. The molecule has 2 heterocycles. The Morgan fingerprint density at radius 2 is 2.10 bits per heavy atom. The summed E-state index contributed by atoms with van der Waals surface area (Å²) in [5.74, 6) is 0. The Morgan fingerprint density at radius 3 is 2.67 bits per heavy atom. The number of aromatic nitrogens is 2. The number of aromatic amines is 1. The highest BCUT2D eigenvalue weighted by Crippen LogP contribution is 2.27. The first-order valence-corrected chi connectivity index (χ1v) is 6.57. The second kappa shape index (κ2) is 6.35. The van der Waals surface area contributed by atoms with Gasteiger partial charge in [0, 0.05) is 11.8 Å². The van der Waals surface area contributed by atoms with Crippen molar-refractivity contribution in [2.75, 3.05) is 6.61 Å². The van der Waals surface area contributed by atoms with E-state index < -0.39 is 42.4 Å². The van der Waals surface area contributed by atoms with Gasteiger partial charge < -0.3 is 20.1 Å². The van der Waals surface area contributed by atoms with Crippen molar-refractivity contribution < 1.29 is 20.1 Å². The van der Waals surface area contributed by atoms with Crippen LogP contribution in [0.15, 0.2) is 28.4 Å². The molecule has 1 fully saturated rings. The van der Waals surface area contributed by atoms with Crippen LogP contribution in [0.25, 0.3) is 0 Å². The number of nitrogens with zero attached hydrogens (tertiary/aromatic N) is 1. The van der Waals surface area contributed by atoms with Crippen molar-refractivity contribution in [3.63, 3.8) is 0 Å². The Balaban J connectivity index is 2.37. The zero-order valence-electron chi connectivity index (χ0n) is 11.3. The van der Waals surface area contributed by atoms with Crippen LogP contribution >= 0.6 is 0 Å². The summed E-state index contributed by atoms with van der Waals surface area (Å²) in [6.07, 6.45) is -0.963. The van der Waals surface area contributed by atoms with Crippen molar-refractivity contribution >= 4 is 0 Å². The predicted molar refractivity (Wildman–Crippen MR) is 72.9 cm³/mol. The van der Waals surface area contributed by atoms with Crippen molar-refractivity contribution in [2.24, 2.45) is 0 Å². The SMILES string of the molecule is C=CCCc1cn([C@@H]2O[C@H](CO)[C@@H](O)[C@@H]2O)c(=O)[nH]c1=O. The molecule has 0 aromatic carbocycles. The van der Waals surface area contributed by atoms with Gasteiger partial charge in [-0.3, -0.25) is 14.3 Å². The van der Waals surface area contributed by atoms with E-state index in [1.54, 1.807) is 6.08 Å². The molecule has 8 heteroatoms. The number of nitrogens with one attached hydrogen (secondary N) is 1. The molecular weight excluding hydrogens is 280 g/mol. The maximum absolute atomic E-state index is 11.9. The summed E-state index contributed by atoms with van der Waals surface area (Å²) in [7, 11) is 0. The molecule has 0 unspecified atom stereocenters. The molecule has 0 radical (unpaired) electrons. The lowest BCUT2D eigenvalue weighted by Crippen LogP contribution is -2.38. The number of hydrogen-bond donors (Lipinski definition) is 4. The van der Waals surface area contributed by atoms with E-state index in [0.29, 0.717) is 18.4 Å². The smallest absolute Gasteiger partial charge is 0.330 e. The summed E-state index contributed by atoms with van der Waals surface area (Å²) in [5, 5.41) is 28.7. The van der Waals surface area contributed by atoms with E-state index in [4.69, 9.17) is 9.84 Å². The quantitative estimate of drug-likeness (QED) is 0.479. The van der Waals surface area contributed by atoms with Crippen LogP contribution in [0.2, 0.25) is 0 Å². The third-order valence-electron chi connectivity index (χ3n) is 3.45. The normalized spacial score (nSPS) is 28.7. The van der Waals surface area contributed by atoms with Crippen LogP contribution in [-0.4, -0.2) is 49.8 Å². The highest BCUT2D eigenvalue weighted by atomic mass is 16.6. The maximum atomic E-state index is 11.9. The van der Waals surface area contributed by atoms with Crippen LogP contribution in [0.5, 0.6) is 0 Å². The van der Waals surface area contributed by atoms with E-state index in [9.17, 15) is 19.8 Å². The lowest BCUT2D eigenvalue weighted by atomic mass is 10.1. The molecule has 2 rings (SSSR count). The Hall–Kier alpha value is -1.74. The molecule has 1 saturated heterocycles. The highest BCUT2D eigenvalue weighted by Gasteiger charge is 2.43. The van der Waals surface area contributed by atoms with Gasteiger partial charge >= 0.3 is 5.69 Å². The van der Waals surface area contributed by atoms with Crippen molar-refractivity contribution in [2.45, 2.75) is 37.4 Å². The van der Waals surface area contributed by atoms with E-state index >= 15 is 0 Å². The summed E-state index contributed by atoms with van der Waals surface area (Å²) in [6.45, 7) is 3.07. The molecule has 0 spiro atoms. The van der Waals surface area contributed by atoms with Crippen LogP contribution in [-0.2, 0) is 11.2 Å². The summed E-state index contributed by atoms with van der Waals surface area (Å²) in [6, 6.07) is 0. The molecular formula is C13H18N2O6. The molecule has 116 valence electrons. The first kappa shape index (κ1) is 15.6. The standard InChI is InChI=1S/C13H18N2O6/c1-2-3-4-7-5-15(13(20)14-11(7)19)12-10(18)9(17)8(6-16)21-12/h2,5,8-10,12,16-18H,1,3-4,6H2,(H,14,19,20)/t8-,9-,10+,12-/m1/s1. The van der Waals surface area contributed by atoms with E-state index in [2.05, 4.69) is 11.6 Å². The number of rotatable bonds is 5. The number of ether oxygens (including phenoxy) is 1. The monoisotopic (exact) mass is 298 g/mol. The minimum absolute atomic E-state index is 0.340. The largest absolute Gasteiger partial charge is 0.394 e. The first-order chi connectivity index (χ1) is 9.99. The fourth-order valence-electron chi connectivity index (χ4n) is 2.26. The van der Waals surface area contributed by atoms with Gasteiger partial charge in [-0.1, -0.05) is 6.08 Å². The van der Waals surface area contributed by atoms with Gasteiger partial charge in [0.05, 0.1) is 6.61 Å². The van der Waals surface area contributed by atoms with Crippen molar-refractivity contribution in [3.05, 3.63) is 45.3 Å². The fraction of sp³-hybridized carbons (Fsp3) is 0.538. The van der Waals surface area contributed by atoms with Crippen molar-refractivity contribution in [1.29, 1.82) is 0 Å². The fourth-order valence-corrected chi connectivity index (χ4v) is 2.26. The zero-order chi connectivity index (χ0) is 15.6. The van der Waals surface area contributed by atoms with Gasteiger partial charge in [0.25, 0.3) is 5.56 Å². The van der Waals surface area contributed by atoms with Gasteiger partial charge in [-0.15, -0.1) is 6.58 Å². The number of hydrogen-bond acceptors (Lipinski definition) is 6. The van der Waals surface area contributed by atoms with Gasteiger partial charge in [0.1, 0.15) is 18.3 Å². The van der Waals surface area contributed by atoms with Gasteiger partial charge in [0.2, 0.25) is 0 Å². The summed E-state index contributed by atoms with van der Waals surface area (Å²) < 4.78 is 6.29. The summed E-state index contributed by atoms with van der Waals surface area (Å²) >= 11 is 0. The van der Waals surface area contributed by atoms with E-state index in [1.165, 1.54) is 6.20 Å². The first-order valence-electron chi connectivity index (χ1n) is 6.57. The molecule has 1 aliphatic heterocycles. The molecule has 21 heavy (non-hydrogen) atoms. The number of H-pyrrole nitrogens is 1. The second-order valence-corrected chi connectivity index (χ2v) is 4.88. The van der Waals surface area contributed by atoms with Crippen molar-refractivity contribution in [3.8, 4) is 0 Å². The van der Waals surface area contributed by atoms with Crippen LogP contribution in [0, 0.1) is 0 Å². The van der Waals surface area contributed by atoms with Crippen LogP contribution in [0.3, 0.4) is 0 Å². The number of aliphatic hydroxyl groups excluding tert-OH is 3. The Labute approximate surface area is 119 Å². The lowest BCUT2D eigenvalue weighted by Gasteiger charge is -2.17. The average Bonchev–Trinajstić information content (AvgIpc) is 2.74. The second-order valence-electron chi connectivity index (χ2n) is 4.88. The third-order valence-corrected chi connectivity index (χ3v) is 3.45. The van der Waals surface area contributed by atoms with Crippen LogP contribution < -0.4 is 11.2 Å². The Kier molecular flexibility index (Phi) is 4.73. The van der Waals surface area contributed by atoms with Gasteiger partial charge in [-0.2, -0.15) is 0 Å². The Morgan fingerprint density at radius 1 is 1.38 bits per heavy atom. The Bertz CT molecular complexity index is 622. The molecule has 1 aliphatic rings. The molecule has 1 aromatic heterocycles. The van der Waals surface area contributed by atoms with E-state index in [-0.39, 0.29) is 0 Å². The van der Waals surface area contributed by atoms with E-state index in [0.717, 1.165) is 4.57 Å². The van der Waals surface area contributed by atoms with Crippen LogP contribution in [0.4, 0.5) is 0 Å². The topological polar surface area (TPSA) is 125 Å². The number of aryl methyl sites for hydroxylation is 1. The molecule has 0 aliphatic carbocycles. The van der Waals surface area contributed by atoms with E-state index in [1.807, 2.05) is 0 Å². The molecule has 4 atom stereocenters. The maximum Gasteiger partial charge on any atom is 0.330 e. The third kappa shape index (κ3) is 2.98. The minimum atomic E-state index is -1.38. The predicted octanol–water partition coefficient (Wildman–Crippen LogP) is -1.73. The summed E-state index contributed by atoms with van der Waals surface area (Å²) in [5.41, 5.74) is -0.922. The molecule has 0 saturated carbocycles. The average molecular weight is 298 g/mol. The zero-order valence-corrected chi connectivity index (χ0v) is 11.3. The van der Waals surface area contributed by atoms with Crippen LogP contribution in [0.1, 0.15) is 18.2 Å². The highest BCUT2D eigenvalue weighted by molar-refractivity contribution is 5.07. The van der Waals surface area contributed by atoms with Gasteiger partial charge in [-0.05, 0) is 12.8 Å². The molecule has 0 amide bonds. The number of allylic oxidation sites excluding steroid dienone is 1. The molecule has 4 N–H and O–H groups in total. The molecule has 0 bridgehead atoms. The lowest BCUT2D eigenvalue weighted by molar-refractivity contribution is -0.0551. The molecule has 1 aromatic rings.